The molecule has 1 aliphatic heterocycles. The minimum absolute atomic E-state index is 0.0314. The molecule has 1 aromatic carbocycles. The van der Waals surface area contributed by atoms with E-state index in [2.05, 4.69) is 10.0 Å². The lowest BCUT2D eigenvalue weighted by molar-refractivity contribution is -0.131. The number of aliphatic hydroxyl groups excluding tert-OH is 1. The van der Waals surface area contributed by atoms with E-state index in [0.29, 0.717) is 25.9 Å². The monoisotopic (exact) mass is 272 g/mol. The Hall–Kier alpha value is -2.04. The van der Waals surface area contributed by atoms with Crippen molar-refractivity contribution in [2.24, 2.45) is 11.0 Å². The first kappa shape index (κ1) is 13.0. The van der Waals surface area contributed by atoms with Gasteiger partial charge in [0.1, 0.15) is 0 Å². The number of nitrogens with zero attached hydrogens (tertiary/aromatic N) is 4. The SMILES string of the molecule is [N-]=[N+]=NCC1CC(=O)N(C2c3ccccc3CC2O)C1. The molecule has 0 saturated carbocycles. The van der Waals surface area contributed by atoms with Gasteiger partial charge in [0.15, 0.2) is 0 Å². The minimum Gasteiger partial charge on any atom is -0.390 e. The number of carbonyl (C=O) groups excluding carboxylic acids is 1. The van der Waals surface area contributed by atoms with E-state index >= 15 is 0 Å². The van der Waals surface area contributed by atoms with Gasteiger partial charge in [-0.05, 0) is 22.6 Å². The Morgan fingerprint density at radius 2 is 2.20 bits per heavy atom. The molecular formula is C14H16N4O2. The lowest BCUT2D eigenvalue weighted by Gasteiger charge is -2.28. The largest absolute Gasteiger partial charge is 0.390 e. The van der Waals surface area contributed by atoms with Crippen LogP contribution in [-0.4, -0.2) is 35.1 Å². The lowest BCUT2D eigenvalue weighted by Crippen LogP contribution is -2.35. The predicted octanol–water partition coefficient (Wildman–Crippen LogP) is 1.80. The number of fused-ring (bicyclic) bond motifs is 1. The van der Waals surface area contributed by atoms with Crippen molar-refractivity contribution in [1.29, 1.82) is 0 Å². The van der Waals surface area contributed by atoms with Crippen LogP contribution in [0.5, 0.6) is 0 Å². The van der Waals surface area contributed by atoms with Gasteiger partial charge in [0.05, 0.1) is 12.1 Å². The number of likely N-dealkylation sites (tertiary alicyclic amines) is 1. The van der Waals surface area contributed by atoms with Gasteiger partial charge < -0.3 is 10.0 Å². The summed E-state index contributed by atoms with van der Waals surface area (Å²) in [7, 11) is 0. The van der Waals surface area contributed by atoms with Crippen LogP contribution in [0.25, 0.3) is 10.4 Å². The van der Waals surface area contributed by atoms with Gasteiger partial charge in [0.2, 0.25) is 5.91 Å². The minimum atomic E-state index is -0.547. The molecule has 3 unspecified atom stereocenters. The van der Waals surface area contributed by atoms with E-state index in [0.717, 1.165) is 11.1 Å². The van der Waals surface area contributed by atoms with E-state index in [9.17, 15) is 9.90 Å². The van der Waals surface area contributed by atoms with Crippen LogP contribution >= 0.6 is 0 Å². The summed E-state index contributed by atoms with van der Waals surface area (Å²) in [6.07, 6.45) is 0.435. The van der Waals surface area contributed by atoms with E-state index in [-0.39, 0.29) is 17.9 Å². The van der Waals surface area contributed by atoms with Gasteiger partial charge in [-0.2, -0.15) is 0 Å². The quantitative estimate of drug-likeness (QED) is 0.516. The first-order valence-corrected chi connectivity index (χ1v) is 6.77. The fourth-order valence-corrected chi connectivity index (χ4v) is 3.28. The second kappa shape index (κ2) is 5.15. The van der Waals surface area contributed by atoms with Gasteiger partial charge in [-0.3, -0.25) is 4.79 Å². The van der Waals surface area contributed by atoms with Crippen molar-refractivity contribution >= 4 is 5.91 Å². The molecule has 1 saturated heterocycles. The Kier molecular flexibility index (Phi) is 3.34. The standard InChI is InChI=1S/C14H16N4O2/c15-17-16-7-9-5-13(20)18(8-9)14-11-4-2-1-3-10(11)6-12(14)19/h1-4,9,12,14,19H,5-8H2. The molecular weight excluding hydrogens is 256 g/mol. The highest BCUT2D eigenvalue weighted by molar-refractivity contribution is 5.79. The number of carbonyl (C=O) groups is 1. The van der Waals surface area contributed by atoms with Gasteiger partial charge in [-0.25, -0.2) is 0 Å². The number of aliphatic hydroxyl groups is 1. The van der Waals surface area contributed by atoms with Crippen molar-refractivity contribution in [2.75, 3.05) is 13.1 Å². The Morgan fingerprint density at radius 1 is 1.40 bits per heavy atom. The van der Waals surface area contributed by atoms with Crippen molar-refractivity contribution in [2.45, 2.75) is 25.0 Å². The van der Waals surface area contributed by atoms with Crippen molar-refractivity contribution < 1.29 is 9.90 Å². The van der Waals surface area contributed by atoms with E-state index < -0.39 is 6.10 Å². The second-order valence-corrected chi connectivity index (χ2v) is 5.44. The third-order valence-electron chi connectivity index (χ3n) is 4.14. The van der Waals surface area contributed by atoms with Gasteiger partial charge >= 0.3 is 0 Å². The van der Waals surface area contributed by atoms with Gasteiger partial charge in [-0.15, -0.1) is 0 Å². The van der Waals surface area contributed by atoms with Crippen LogP contribution in [0.1, 0.15) is 23.6 Å². The number of hydrogen-bond donors (Lipinski definition) is 1. The molecule has 1 N–H and O–H groups in total. The summed E-state index contributed by atoms with van der Waals surface area (Å²) in [6, 6.07) is 7.60. The smallest absolute Gasteiger partial charge is 0.223 e. The lowest BCUT2D eigenvalue weighted by atomic mass is 10.1. The number of benzene rings is 1. The van der Waals surface area contributed by atoms with Crippen LogP contribution in [0.3, 0.4) is 0 Å². The first-order valence-electron chi connectivity index (χ1n) is 6.77. The topological polar surface area (TPSA) is 89.3 Å². The summed E-state index contributed by atoms with van der Waals surface area (Å²) in [5.74, 6) is 0.0854. The molecule has 2 aliphatic rings. The van der Waals surface area contributed by atoms with Gasteiger partial charge in [0, 0.05) is 30.8 Å². The Morgan fingerprint density at radius 3 is 3.00 bits per heavy atom. The van der Waals surface area contributed by atoms with Crippen LogP contribution in [0, 0.1) is 5.92 Å². The molecule has 1 aromatic rings. The average molecular weight is 272 g/mol. The van der Waals surface area contributed by atoms with E-state index in [1.807, 2.05) is 24.3 Å². The molecule has 1 aliphatic carbocycles. The third-order valence-corrected chi connectivity index (χ3v) is 4.14. The van der Waals surface area contributed by atoms with E-state index in [4.69, 9.17) is 5.53 Å². The Bertz CT molecular complexity index is 582. The predicted molar refractivity (Wildman–Crippen MR) is 72.7 cm³/mol. The van der Waals surface area contributed by atoms with E-state index in [1.54, 1.807) is 4.90 Å². The maximum atomic E-state index is 12.2. The van der Waals surface area contributed by atoms with Crippen molar-refractivity contribution in [3.05, 3.63) is 45.8 Å². The summed E-state index contributed by atoms with van der Waals surface area (Å²) in [5, 5.41) is 13.8. The zero-order valence-electron chi connectivity index (χ0n) is 11.0. The highest BCUT2D eigenvalue weighted by Gasteiger charge is 2.41. The summed E-state index contributed by atoms with van der Waals surface area (Å²) in [6.45, 7) is 0.886. The molecule has 20 heavy (non-hydrogen) atoms. The fraction of sp³-hybridized carbons (Fsp3) is 0.500. The number of rotatable bonds is 3. The number of hydrogen-bond acceptors (Lipinski definition) is 3. The third kappa shape index (κ3) is 2.13. The zero-order chi connectivity index (χ0) is 14.1. The maximum Gasteiger partial charge on any atom is 0.223 e. The average Bonchev–Trinajstić information content (AvgIpc) is 2.95. The Balaban J connectivity index is 1.83. The number of amides is 1. The van der Waals surface area contributed by atoms with Crippen molar-refractivity contribution in [1.82, 2.24) is 4.90 Å². The van der Waals surface area contributed by atoms with Crippen LogP contribution in [0.4, 0.5) is 0 Å². The van der Waals surface area contributed by atoms with Crippen molar-refractivity contribution in [3.8, 4) is 0 Å². The zero-order valence-corrected chi connectivity index (χ0v) is 11.0. The second-order valence-electron chi connectivity index (χ2n) is 5.44. The fourth-order valence-electron chi connectivity index (χ4n) is 3.28. The summed E-state index contributed by atoms with van der Waals surface area (Å²) < 4.78 is 0. The molecule has 3 atom stereocenters. The molecule has 0 bridgehead atoms. The maximum absolute atomic E-state index is 12.2. The van der Waals surface area contributed by atoms with E-state index in [1.165, 1.54) is 0 Å². The van der Waals surface area contributed by atoms with Crippen LogP contribution < -0.4 is 0 Å². The summed E-state index contributed by atoms with van der Waals surface area (Å²) in [4.78, 5) is 16.7. The molecule has 0 aromatic heterocycles. The molecule has 0 spiro atoms. The summed E-state index contributed by atoms with van der Waals surface area (Å²) in [5.41, 5.74) is 10.5. The molecule has 3 rings (SSSR count). The molecule has 1 heterocycles. The molecule has 6 heteroatoms. The molecule has 1 amide bonds. The van der Waals surface area contributed by atoms with Crippen LogP contribution in [-0.2, 0) is 11.2 Å². The Labute approximate surface area is 116 Å². The first-order chi connectivity index (χ1) is 9.70. The van der Waals surface area contributed by atoms with Crippen LogP contribution in [0.2, 0.25) is 0 Å². The molecule has 104 valence electrons. The normalized spacial score (nSPS) is 28.4. The summed E-state index contributed by atoms with van der Waals surface area (Å²) >= 11 is 0. The molecule has 6 nitrogen and oxygen atoms in total. The molecule has 0 radical (unpaired) electrons. The highest BCUT2D eigenvalue weighted by atomic mass is 16.3. The van der Waals surface area contributed by atoms with Crippen LogP contribution in [0.15, 0.2) is 29.4 Å². The molecule has 1 fully saturated rings. The number of azide groups is 1. The van der Waals surface area contributed by atoms with Crippen molar-refractivity contribution in [3.63, 3.8) is 0 Å². The highest BCUT2D eigenvalue weighted by Crippen LogP contribution is 2.39. The van der Waals surface area contributed by atoms with Gasteiger partial charge in [-0.1, -0.05) is 29.4 Å². The van der Waals surface area contributed by atoms with Gasteiger partial charge in [0.25, 0.3) is 0 Å².